The van der Waals surface area contributed by atoms with E-state index in [2.05, 4.69) is 5.32 Å². The number of nitrogens with one attached hydrogen (secondary N) is 1. The van der Waals surface area contributed by atoms with Gasteiger partial charge in [0.1, 0.15) is 5.00 Å². The molecule has 2 heterocycles. The Labute approximate surface area is 169 Å². The number of anilines is 1. The quantitative estimate of drug-likeness (QED) is 0.494. The molecular formula is C19H17N3O6S. The molecule has 2 aromatic rings. The summed E-state index contributed by atoms with van der Waals surface area (Å²) in [4.78, 5) is 60.4. The Morgan fingerprint density at radius 2 is 1.72 bits per heavy atom. The van der Waals surface area contributed by atoms with Crippen LogP contribution in [0.2, 0.25) is 0 Å². The average molecular weight is 415 g/mol. The molecule has 4 amide bonds. The molecule has 1 aromatic carbocycles. The molecule has 150 valence electrons. The third kappa shape index (κ3) is 4.49. The highest BCUT2D eigenvalue weighted by atomic mass is 32.1. The van der Waals surface area contributed by atoms with Crippen molar-refractivity contribution >= 4 is 45.9 Å². The van der Waals surface area contributed by atoms with Crippen molar-refractivity contribution in [2.24, 2.45) is 5.73 Å². The molecule has 29 heavy (non-hydrogen) atoms. The van der Waals surface area contributed by atoms with Crippen LogP contribution in [-0.4, -0.2) is 47.6 Å². The maximum absolute atomic E-state index is 12.2. The number of amides is 4. The highest BCUT2D eigenvalue weighted by Gasteiger charge is 2.34. The van der Waals surface area contributed by atoms with Gasteiger partial charge in [-0.2, -0.15) is 0 Å². The summed E-state index contributed by atoms with van der Waals surface area (Å²) in [7, 11) is 0. The second-order valence-corrected chi connectivity index (χ2v) is 7.06. The van der Waals surface area contributed by atoms with E-state index in [-0.39, 0.29) is 41.8 Å². The van der Waals surface area contributed by atoms with Crippen LogP contribution < -0.4 is 11.1 Å². The van der Waals surface area contributed by atoms with Gasteiger partial charge in [-0.05, 0) is 30.0 Å². The molecule has 0 atom stereocenters. The molecule has 0 saturated heterocycles. The van der Waals surface area contributed by atoms with Crippen LogP contribution in [0.3, 0.4) is 0 Å². The standard InChI is InChI=1S/C19H17N3O6S/c20-16(25)13-7-9-29-17(13)21-14(23)10-28-15(24)6-3-8-22-18(26)11-4-1-2-5-12(11)19(22)27/h1-2,4-5,7,9H,3,6,8,10H2,(H2,20,25)(H,21,23). The number of primary amides is 1. The molecule has 0 spiro atoms. The van der Waals surface area contributed by atoms with Crippen molar-refractivity contribution in [3.8, 4) is 0 Å². The van der Waals surface area contributed by atoms with Gasteiger partial charge in [-0.3, -0.25) is 28.9 Å². The van der Waals surface area contributed by atoms with Gasteiger partial charge in [-0.25, -0.2) is 0 Å². The first-order valence-corrected chi connectivity index (χ1v) is 9.54. The number of esters is 1. The minimum absolute atomic E-state index is 0.0633. The molecule has 1 aliphatic heterocycles. The number of nitrogens with two attached hydrogens (primary N) is 1. The highest BCUT2D eigenvalue weighted by molar-refractivity contribution is 7.14. The largest absolute Gasteiger partial charge is 0.456 e. The zero-order valence-corrected chi connectivity index (χ0v) is 16.0. The molecule has 0 radical (unpaired) electrons. The summed E-state index contributed by atoms with van der Waals surface area (Å²) in [6, 6.07) is 8.00. The van der Waals surface area contributed by atoms with Crippen molar-refractivity contribution in [3.05, 3.63) is 52.4 Å². The lowest BCUT2D eigenvalue weighted by atomic mass is 10.1. The van der Waals surface area contributed by atoms with Crippen LogP contribution in [0.4, 0.5) is 5.00 Å². The summed E-state index contributed by atoms with van der Waals surface area (Å²) >= 11 is 1.12. The van der Waals surface area contributed by atoms with Crippen LogP contribution >= 0.6 is 11.3 Å². The maximum Gasteiger partial charge on any atom is 0.306 e. The molecule has 3 rings (SSSR count). The first kappa shape index (κ1) is 20.2. The Bertz CT molecular complexity index is 964. The van der Waals surface area contributed by atoms with Crippen molar-refractivity contribution in [2.75, 3.05) is 18.5 Å². The molecular weight excluding hydrogens is 398 g/mol. The highest BCUT2D eigenvalue weighted by Crippen LogP contribution is 2.23. The number of nitrogens with zero attached hydrogens (tertiary/aromatic N) is 1. The minimum atomic E-state index is -0.674. The number of carbonyl (C=O) groups excluding carboxylic acids is 5. The minimum Gasteiger partial charge on any atom is -0.456 e. The van der Waals surface area contributed by atoms with E-state index in [9.17, 15) is 24.0 Å². The Morgan fingerprint density at radius 1 is 1.07 bits per heavy atom. The smallest absolute Gasteiger partial charge is 0.306 e. The van der Waals surface area contributed by atoms with Gasteiger partial charge in [0.25, 0.3) is 23.6 Å². The molecule has 1 aromatic heterocycles. The summed E-state index contributed by atoms with van der Waals surface area (Å²) in [5.74, 6) is -2.70. The molecule has 10 heteroatoms. The maximum atomic E-state index is 12.2. The lowest BCUT2D eigenvalue weighted by Crippen LogP contribution is -2.31. The van der Waals surface area contributed by atoms with Gasteiger partial charge in [0, 0.05) is 13.0 Å². The number of hydrogen-bond acceptors (Lipinski definition) is 7. The number of rotatable bonds is 8. The van der Waals surface area contributed by atoms with E-state index in [1.807, 2.05) is 0 Å². The van der Waals surface area contributed by atoms with Crippen molar-refractivity contribution in [1.82, 2.24) is 4.90 Å². The van der Waals surface area contributed by atoms with Crippen LogP contribution in [0.25, 0.3) is 0 Å². The van der Waals surface area contributed by atoms with E-state index in [1.54, 1.807) is 29.6 Å². The van der Waals surface area contributed by atoms with E-state index in [1.165, 1.54) is 6.07 Å². The van der Waals surface area contributed by atoms with E-state index in [0.29, 0.717) is 11.1 Å². The normalized spacial score (nSPS) is 12.6. The van der Waals surface area contributed by atoms with Crippen molar-refractivity contribution < 1.29 is 28.7 Å². The summed E-state index contributed by atoms with van der Waals surface area (Å²) in [6.07, 6.45) is 0.148. The Kier molecular flexibility index (Phi) is 6.03. The zero-order chi connectivity index (χ0) is 21.0. The molecule has 1 aliphatic rings. The summed E-state index contributed by atoms with van der Waals surface area (Å²) < 4.78 is 4.88. The van der Waals surface area contributed by atoms with Crippen molar-refractivity contribution in [3.63, 3.8) is 0 Å². The summed E-state index contributed by atoms with van der Waals surface area (Å²) in [5.41, 5.74) is 6.06. The zero-order valence-electron chi connectivity index (χ0n) is 15.2. The van der Waals surface area contributed by atoms with Crippen LogP contribution in [0.5, 0.6) is 0 Å². The predicted octanol–water partition coefficient (Wildman–Crippen LogP) is 1.41. The number of imide groups is 1. The SMILES string of the molecule is NC(=O)c1ccsc1NC(=O)COC(=O)CCCN1C(=O)c2ccccc2C1=O. The van der Waals surface area contributed by atoms with Gasteiger partial charge in [0.05, 0.1) is 16.7 Å². The third-order valence-electron chi connectivity index (χ3n) is 4.19. The fourth-order valence-corrected chi connectivity index (χ4v) is 3.61. The second-order valence-electron chi connectivity index (χ2n) is 6.15. The van der Waals surface area contributed by atoms with Crippen molar-refractivity contribution in [2.45, 2.75) is 12.8 Å². The molecule has 9 nitrogen and oxygen atoms in total. The summed E-state index contributed by atoms with van der Waals surface area (Å²) in [5, 5.41) is 4.33. The molecule has 0 saturated carbocycles. The van der Waals surface area contributed by atoms with E-state index < -0.39 is 24.4 Å². The van der Waals surface area contributed by atoms with Gasteiger partial charge < -0.3 is 15.8 Å². The van der Waals surface area contributed by atoms with E-state index >= 15 is 0 Å². The Balaban J connectivity index is 1.41. The fourth-order valence-electron chi connectivity index (χ4n) is 2.80. The van der Waals surface area contributed by atoms with Crippen molar-refractivity contribution in [1.29, 1.82) is 0 Å². The Hall–Kier alpha value is -3.53. The van der Waals surface area contributed by atoms with Crippen LogP contribution in [0, 0.1) is 0 Å². The molecule has 0 aliphatic carbocycles. The van der Waals surface area contributed by atoms with E-state index in [4.69, 9.17) is 10.5 Å². The first-order valence-electron chi connectivity index (χ1n) is 8.66. The second kappa shape index (κ2) is 8.65. The Morgan fingerprint density at radius 3 is 2.34 bits per heavy atom. The van der Waals surface area contributed by atoms with Crippen LogP contribution in [0.1, 0.15) is 43.9 Å². The predicted molar refractivity (Wildman–Crippen MR) is 103 cm³/mol. The number of carbonyl (C=O) groups is 5. The molecule has 0 unspecified atom stereocenters. The molecule has 3 N–H and O–H groups in total. The topological polar surface area (TPSA) is 136 Å². The number of ether oxygens (including phenoxy) is 1. The molecule has 0 fully saturated rings. The third-order valence-corrected chi connectivity index (χ3v) is 5.02. The fraction of sp³-hybridized carbons (Fsp3) is 0.211. The van der Waals surface area contributed by atoms with Gasteiger partial charge in [0.2, 0.25) is 0 Å². The van der Waals surface area contributed by atoms with Crippen LogP contribution in [-0.2, 0) is 14.3 Å². The monoisotopic (exact) mass is 415 g/mol. The first-order chi connectivity index (χ1) is 13.9. The number of benzene rings is 1. The van der Waals surface area contributed by atoms with E-state index in [0.717, 1.165) is 16.2 Å². The molecule has 0 bridgehead atoms. The number of thiophene rings is 1. The lowest BCUT2D eigenvalue weighted by Gasteiger charge is -2.13. The average Bonchev–Trinajstić information content (AvgIpc) is 3.25. The van der Waals surface area contributed by atoms with Gasteiger partial charge in [0.15, 0.2) is 6.61 Å². The number of fused-ring (bicyclic) bond motifs is 1. The van der Waals surface area contributed by atoms with Gasteiger partial charge >= 0.3 is 5.97 Å². The van der Waals surface area contributed by atoms with Gasteiger partial charge in [-0.15, -0.1) is 11.3 Å². The van der Waals surface area contributed by atoms with Crippen LogP contribution in [0.15, 0.2) is 35.7 Å². The number of hydrogen-bond donors (Lipinski definition) is 2. The lowest BCUT2D eigenvalue weighted by molar-refractivity contribution is -0.147. The van der Waals surface area contributed by atoms with Gasteiger partial charge in [-0.1, -0.05) is 12.1 Å². The summed E-state index contributed by atoms with van der Waals surface area (Å²) in [6.45, 7) is -0.452.